The first-order valence-corrected chi connectivity index (χ1v) is 5.73. The molecule has 0 aromatic carbocycles. The van der Waals surface area contributed by atoms with Crippen LogP contribution in [0, 0.1) is 6.92 Å². The number of H-pyrrole nitrogens is 1. The fraction of sp³-hybridized carbons (Fsp3) is 0.636. The van der Waals surface area contributed by atoms with E-state index in [4.69, 9.17) is 9.47 Å². The molecule has 2 N–H and O–H groups in total. The van der Waals surface area contributed by atoms with Crippen LogP contribution in [0.15, 0.2) is 15.8 Å². The van der Waals surface area contributed by atoms with E-state index < -0.39 is 36.0 Å². The Hall–Kier alpha value is -1.51. The van der Waals surface area contributed by atoms with Gasteiger partial charge in [-0.1, -0.05) is 0 Å². The number of nitrogens with one attached hydrogen (secondary N) is 1. The second-order valence-electron chi connectivity index (χ2n) is 4.43. The topological polar surface area (TPSA) is 93.5 Å². The van der Waals surface area contributed by atoms with E-state index in [1.165, 1.54) is 20.2 Å². The minimum absolute atomic E-state index is 0.153. The number of halogens is 1. The van der Waals surface area contributed by atoms with Gasteiger partial charge in [-0.3, -0.25) is 14.3 Å². The third-order valence-corrected chi connectivity index (χ3v) is 3.24. The molecule has 0 saturated carbocycles. The third-order valence-electron chi connectivity index (χ3n) is 3.24. The van der Waals surface area contributed by atoms with E-state index in [0.717, 1.165) is 4.57 Å². The number of aromatic amines is 1. The average Bonchev–Trinajstić information content (AvgIpc) is 2.71. The molecule has 1 aromatic heterocycles. The Kier molecular flexibility index (Phi) is 3.57. The molecule has 0 aliphatic carbocycles. The van der Waals surface area contributed by atoms with E-state index in [2.05, 4.69) is 4.98 Å². The summed E-state index contributed by atoms with van der Waals surface area (Å²) in [5, 5.41) is 9.18. The van der Waals surface area contributed by atoms with Crippen LogP contribution in [0.1, 0.15) is 18.2 Å². The number of methoxy groups -OCH3 is 1. The monoisotopic (exact) mass is 274 g/mol. The predicted molar refractivity (Wildman–Crippen MR) is 62.5 cm³/mol. The van der Waals surface area contributed by atoms with Crippen molar-refractivity contribution in [3.63, 3.8) is 0 Å². The summed E-state index contributed by atoms with van der Waals surface area (Å²) in [7, 11) is 1.21. The van der Waals surface area contributed by atoms with E-state index in [-0.39, 0.29) is 6.42 Å². The average molecular weight is 274 g/mol. The summed E-state index contributed by atoms with van der Waals surface area (Å²) in [6, 6.07) is 0. The van der Waals surface area contributed by atoms with Crippen LogP contribution in [0.5, 0.6) is 0 Å². The Morgan fingerprint density at radius 2 is 2.37 bits per heavy atom. The summed E-state index contributed by atoms with van der Waals surface area (Å²) in [6.45, 7) is 0.852. The highest BCUT2D eigenvalue weighted by Gasteiger charge is 2.50. The fourth-order valence-corrected chi connectivity index (χ4v) is 2.06. The largest absolute Gasteiger partial charge is 0.391 e. The van der Waals surface area contributed by atoms with Crippen LogP contribution >= 0.6 is 0 Å². The number of hydrogen-bond donors (Lipinski definition) is 2. The number of aromatic nitrogens is 2. The van der Waals surface area contributed by atoms with Gasteiger partial charge in [0.15, 0.2) is 6.17 Å². The van der Waals surface area contributed by atoms with Crippen molar-refractivity contribution >= 4 is 0 Å². The van der Waals surface area contributed by atoms with Gasteiger partial charge in [-0.2, -0.15) is 0 Å². The summed E-state index contributed by atoms with van der Waals surface area (Å²) in [4.78, 5) is 25.0. The molecule has 0 spiro atoms. The Balaban J connectivity index is 2.38. The zero-order valence-electron chi connectivity index (χ0n) is 10.6. The highest BCUT2D eigenvalue weighted by Crippen LogP contribution is 2.38. The summed E-state index contributed by atoms with van der Waals surface area (Å²) < 4.78 is 25.2. The first kappa shape index (κ1) is 13.9. The zero-order chi connectivity index (χ0) is 14.2. The first-order valence-electron chi connectivity index (χ1n) is 5.73. The number of nitrogens with zero attached hydrogens (tertiary/aromatic N) is 1. The molecule has 2 heterocycles. The van der Waals surface area contributed by atoms with Gasteiger partial charge in [0, 0.05) is 25.3 Å². The van der Waals surface area contributed by atoms with Crippen LogP contribution in [0.25, 0.3) is 0 Å². The van der Waals surface area contributed by atoms with Gasteiger partial charge in [0.25, 0.3) is 5.56 Å². The van der Waals surface area contributed by atoms with Crippen molar-refractivity contribution < 1.29 is 19.0 Å². The van der Waals surface area contributed by atoms with Crippen molar-refractivity contribution in [3.8, 4) is 0 Å². The first-order chi connectivity index (χ1) is 8.93. The Morgan fingerprint density at radius 1 is 1.68 bits per heavy atom. The summed E-state index contributed by atoms with van der Waals surface area (Å²) >= 11 is 0. The molecule has 0 bridgehead atoms. The minimum atomic E-state index is -1.77. The molecule has 1 fully saturated rings. The maximum absolute atomic E-state index is 13.9. The van der Waals surface area contributed by atoms with Gasteiger partial charge >= 0.3 is 5.69 Å². The van der Waals surface area contributed by atoms with E-state index in [0.29, 0.717) is 5.56 Å². The Bertz CT molecular complexity index is 577. The molecule has 19 heavy (non-hydrogen) atoms. The van der Waals surface area contributed by atoms with Gasteiger partial charge in [0.1, 0.15) is 12.8 Å². The van der Waals surface area contributed by atoms with E-state index in [1.54, 1.807) is 0 Å². The van der Waals surface area contributed by atoms with Crippen molar-refractivity contribution in [3.05, 3.63) is 32.6 Å². The standard InChI is InChI=1S/C11H15FN2O5/c1-6-4-14(10(17)13-9(6)16)8-3-7(12)11(5-15,18-2)19-8/h4,7-8,15H,3,5H2,1-2H3,(H,13,16,17)/t7-,8+,11+/m0/s1. The highest BCUT2D eigenvalue weighted by atomic mass is 19.1. The fourth-order valence-electron chi connectivity index (χ4n) is 2.06. The van der Waals surface area contributed by atoms with Crippen molar-refractivity contribution in [2.45, 2.75) is 31.5 Å². The molecule has 0 unspecified atom stereocenters. The van der Waals surface area contributed by atoms with Gasteiger partial charge in [0.05, 0.1) is 0 Å². The second-order valence-corrected chi connectivity index (χ2v) is 4.43. The second kappa shape index (κ2) is 4.87. The van der Waals surface area contributed by atoms with E-state index in [1.807, 2.05) is 0 Å². The van der Waals surface area contributed by atoms with Crippen LogP contribution < -0.4 is 11.2 Å². The lowest BCUT2D eigenvalue weighted by Gasteiger charge is -2.27. The highest BCUT2D eigenvalue weighted by molar-refractivity contribution is 5.02. The van der Waals surface area contributed by atoms with Gasteiger partial charge in [0.2, 0.25) is 5.79 Å². The van der Waals surface area contributed by atoms with Crippen molar-refractivity contribution in [1.29, 1.82) is 0 Å². The van der Waals surface area contributed by atoms with Crippen molar-refractivity contribution in [2.24, 2.45) is 0 Å². The number of aliphatic hydroxyl groups is 1. The number of rotatable bonds is 3. The van der Waals surface area contributed by atoms with E-state index >= 15 is 0 Å². The molecular formula is C11H15FN2O5. The SMILES string of the molecule is CO[C@]1(CO)O[C@@H](n2cc(C)c(=O)[nH]c2=O)C[C@@H]1F. The lowest BCUT2D eigenvalue weighted by Crippen LogP contribution is -2.43. The Morgan fingerprint density at radius 3 is 2.89 bits per heavy atom. The van der Waals surface area contributed by atoms with Gasteiger partial charge < -0.3 is 14.6 Å². The van der Waals surface area contributed by atoms with Gasteiger partial charge in [-0.15, -0.1) is 0 Å². The molecule has 106 valence electrons. The quantitative estimate of drug-likeness (QED) is 0.770. The molecular weight excluding hydrogens is 259 g/mol. The molecule has 1 aromatic rings. The molecule has 7 nitrogen and oxygen atoms in total. The number of ether oxygens (including phenoxy) is 2. The van der Waals surface area contributed by atoms with Crippen LogP contribution in [-0.4, -0.2) is 40.3 Å². The van der Waals surface area contributed by atoms with Crippen LogP contribution in [-0.2, 0) is 9.47 Å². The smallest absolute Gasteiger partial charge is 0.330 e. The molecule has 2 rings (SSSR count). The third kappa shape index (κ3) is 2.22. The van der Waals surface area contributed by atoms with Crippen LogP contribution in [0.4, 0.5) is 4.39 Å². The predicted octanol–water partition coefficient (Wildman–Crippen LogP) is -0.563. The van der Waals surface area contributed by atoms with Gasteiger partial charge in [-0.25, -0.2) is 9.18 Å². The molecule has 8 heteroatoms. The number of alkyl halides is 1. The van der Waals surface area contributed by atoms with E-state index in [9.17, 15) is 19.1 Å². The maximum atomic E-state index is 13.9. The van der Waals surface area contributed by atoms with Gasteiger partial charge in [-0.05, 0) is 6.92 Å². The molecule has 0 amide bonds. The Labute approximate surface area is 107 Å². The van der Waals surface area contributed by atoms with Crippen molar-refractivity contribution in [1.82, 2.24) is 9.55 Å². The molecule has 1 saturated heterocycles. The molecule has 1 aliphatic rings. The molecule has 0 radical (unpaired) electrons. The number of aliphatic hydroxyl groups excluding tert-OH is 1. The summed E-state index contributed by atoms with van der Waals surface area (Å²) in [5.41, 5.74) is -0.897. The maximum Gasteiger partial charge on any atom is 0.330 e. The number of aryl methyl sites for hydroxylation is 1. The molecule has 3 atom stereocenters. The molecule has 1 aliphatic heterocycles. The summed E-state index contributed by atoms with van der Waals surface area (Å²) in [6.07, 6.45) is -1.38. The lowest BCUT2D eigenvalue weighted by atomic mass is 10.1. The van der Waals surface area contributed by atoms with Crippen molar-refractivity contribution in [2.75, 3.05) is 13.7 Å². The van der Waals surface area contributed by atoms with Crippen LogP contribution in [0.3, 0.4) is 0 Å². The van der Waals surface area contributed by atoms with Crippen LogP contribution in [0.2, 0.25) is 0 Å². The zero-order valence-corrected chi connectivity index (χ0v) is 10.6. The number of hydrogen-bond acceptors (Lipinski definition) is 5. The minimum Gasteiger partial charge on any atom is -0.391 e. The lowest BCUT2D eigenvalue weighted by molar-refractivity contribution is -0.260. The summed E-state index contributed by atoms with van der Waals surface area (Å²) in [5.74, 6) is -1.77. The normalized spacial score (nSPS) is 30.7.